The van der Waals surface area contributed by atoms with Gasteiger partial charge in [-0.3, -0.25) is 9.69 Å². The molecule has 3 amide bonds. The number of nitrogens with one attached hydrogen (secondary N) is 2. The Balaban J connectivity index is 1.33. The fourth-order valence-electron chi connectivity index (χ4n) is 3.11. The Kier molecular flexibility index (Phi) is 4.68. The van der Waals surface area contributed by atoms with Crippen LogP contribution >= 0.6 is 11.6 Å². The van der Waals surface area contributed by atoms with Crippen molar-refractivity contribution >= 4 is 40.3 Å². The number of nitrogens with zero attached hydrogens (tertiary/aromatic N) is 3. The predicted molar refractivity (Wildman–Crippen MR) is 104 cm³/mol. The van der Waals surface area contributed by atoms with Crippen LogP contribution in [0.2, 0.25) is 5.02 Å². The number of aromatic nitrogens is 2. The topological polar surface area (TPSA) is 81.3 Å². The molecule has 1 fully saturated rings. The minimum atomic E-state index is -0.225. The number of hydrogen-bond donors (Lipinski definition) is 2. The summed E-state index contributed by atoms with van der Waals surface area (Å²) < 4.78 is 0. The van der Waals surface area contributed by atoms with Crippen LogP contribution in [-0.4, -0.2) is 46.4 Å². The first-order chi connectivity index (χ1) is 13.1. The van der Waals surface area contributed by atoms with Gasteiger partial charge in [0.1, 0.15) is 12.4 Å². The van der Waals surface area contributed by atoms with Crippen LogP contribution in [0.3, 0.4) is 0 Å². The number of benzene rings is 2. The van der Waals surface area contributed by atoms with Gasteiger partial charge in [0.15, 0.2) is 0 Å². The molecular formula is C19H18ClN5O2. The van der Waals surface area contributed by atoms with E-state index in [9.17, 15) is 9.59 Å². The third-order valence-electron chi connectivity index (χ3n) is 4.44. The smallest absolute Gasteiger partial charge is 0.325 e. The second-order valence-corrected chi connectivity index (χ2v) is 6.75. The van der Waals surface area contributed by atoms with Crippen LogP contribution in [0, 0.1) is 0 Å². The Bertz CT molecular complexity index is 969. The van der Waals surface area contributed by atoms with E-state index in [-0.39, 0.29) is 25.0 Å². The lowest BCUT2D eigenvalue weighted by Crippen LogP contribution is -2.39. The largest absolute Gasteiger partial charge is 0.347 e. The molecule has 0 radical (unpaired) electrons. The quantitative estimate of drug-likeness (QED) is 0.710. The van der Waals surface area contributed by atoms with Crippen LogP contribution in [0.25, 0.3) is 11.0 Å². The monoisotopic (exact) mass is 383 g/mol. The zero-order chi connectivity index (χ0) is 18.8. The number of halogens is 1. The van der Waals surface area contributed by atoms with Gasteiger partial charge in [-0.1, -0.05) is 29.8 Å². The van der Waals surface area contributed by atoms with Crippen molar-refractivity contribution in [3.05, 3.63) is 59.4 Å². The number of aromatic amines is 1. The first-order valence-electron chi connectivity index (χ1n) is 8.62. The first-order valence-corrected chi connectivity index (χ1v) is 9.00. The minimum absolute atomic E-state index is 0.0100. The molecule has 3 aromatic rings. The summed E-state index contributed by atoms with van der Waals surface area (Å²) in [4.78, 5) is 35.5. The number of hydrogen-bond acceptors (Lipinski definition) is 3. The van der Waals surface area contributed by atoms with Crippen molar-refractivity contribution in [2.75, 3.05) is 24.5 Å². The van der Waals surface area contributed by atoms with Gasteiger partial charge in [-0.25, -0.2) is 9.78 Å². The van der Waals surface area contributed by atoms with E-state index in [0.717, 1.165) is 16.7 Å². The molecule has 1 aliphatic heterocycles. The van der Waals surface area contributed by atoms with Gasteiger partial charge in [-0.2, -0.15) is 0 Å². The summed E-state index contributed by atoms with van der Waals surface area (Å²) in [5.74, 6) is 0.453. The molecule has 0 unspecified atom stereocenters. The zero-order valence-electron chi connectivity index (χ0n) is 14.5. The van der Waals surface area contributed by atoms with Crippen molar-refractivity contribution in [1.82, 2.24) is 20.2 Å². The molecular weight excluding hydrogens is 366 g/mol. The number of anilines is 1. The van der Waals surface area contributed by atoms with Crippen LogP contribution in [0.4, 0.5) is 10.5 Å². The molecule has 27 heavy (non-hydrogen) atoms. The third-order valence-corrected chi connectivity index (χ3v) is 4.68. The second kappa shape index (κ2) is 7.28. The lowest BCUT2D eigenvalue weighted by Gasteiger charge is -2.18. The normalized spacial score (nSPS) is 14.2. The van der Waals surface area contributed by atoms with Crippen LogP contribution in [-0.2, 0) is 11.3 Å². The third kappa shape index (κ3) is 3.73. The van der Waals surface area contributed by atoms with Crippen molar-refractivity contribution in [1.29, 1.82) is 0 Å². The van der Waals surface area contributed by atoms with Gasteiger partial charge in [0.05, 0.1) is 17.6 Å². The van der Waals surface area contributed by atoms with E-state index in [1.165, 1.54) is 4.90 Å². The van der Waals surface area contributed by atoms with E-state index in [4.69, 9.17) is 11.6 Å². The van der Waals surface area contributed by atoms with Gasteiger partial charge >= 0.3 is 6.03 Å². The summed E-state index contributed by atoms with van der Waals surface area (Å²) in [6.07, 6.45) is 0. The average Bonchev–Trinajstić information content (AvgIpc) is 3.23. The highest BCUT2D eigenvalue weighted by molar-refractivity contribution is 6.30. The molecule has 0 spiro atoms. The van der Waals surface area contributed by atoms with Gasteiger partial charge in [0.2, 0.25) is 5.91 Å². The number of fused-ring (bicyclic) bond motifs is 1. The maximum absolute atomic E-state index is 12.6. The Morgan fingerprint density at radius 3 is 2.85 bits per heavy atom. The minimum Gasteiger partial charge on any atom is -0.347 e. The van der Waals surface area contributed by atoms with Gasteiger partial charge in [0, 0.05) is 23.8 Å². The van der Waals surface area contributed by atoms with Gasteiger partial charge in [0.25, 0.3) is 0 Å². The lowest BCUT2D eigenvalue weighted by molar-refractivity contribution is -0.121. The maximum atomic E-state index is 12.6. The number of H-pyrrole nitrogens is 1. The van der Waals surface area contributed by atoms with Crippen molar-refractivity contribution in [2.24, 2.45) is 0 Å². The molecule has 2 aromatic carbocycles. The van der Waals surface area contributed by atoms with E-state index >= 15 is 0 Å². The number of para-hydroxylation sites is 2. The Hall–Kier alpha value is -3.06. The Labute approximate surface area is 160 Å². The Morgan fingerprint density at radius 2 is 2.04 bits per heavy atom. The van der Waals surface area contributed by atoms with Gasteiger partial charge in [-0.15, -0.1) is 0 Å². The average molecular weight is 384 g/mol. The van der Waals surface area contributed by atoms with Crippen molar-refractivity contribution in [3.63, 3.8) is 0 Å². The molecule has 0 bridgehead atoms. The van der Waals surface area contributed by atoms with Crippen LogP contribution < -0.4 is 10.2 Å². The lowest BCUT2D eigenvalue weighted by atomic mass is 10.3. The highest BCUT2D eigenvalue weighted by Gasteiger charge is 2.30. The van der Waals surface area contributed by atoms with E-state index in [1.807, 2.05) is 30.3 Å². The molecule has 1 aromatic heterocycles. The number of carbonyl (C=O) groups excluding carboxylic acids is 2. The van der Waals surface area contributed by atoms with Gasteiger partial charge < -0.3 is 15.2 Å². The summed E-state index contributed by atoms with van der Waals surface area (Å²) in [5, 5.41) is 3.38. The molecule has 1 saturated heterocycles. The van der Waals surface area contributed by atoms with Crippen molar-refractivity contribution in [3.8, 4) is 0 Å². The highest BCUT2D eigenvalue weighted by Crippen LogP contribution is 2.23. The van der Waals surface area contributed by atoms with E-state index in [2.05, 4.69) is 15.3 Å². The summed E-state index contributed by atoms with van der Waals surface area (Å²) in [6.45, 7) is 1.31. The molecule has 0 atom stereocenters. The first kappa shape index (κ1) is 17.4. The van der Waals surface area contributed by atoms with Crippen LogP contribution in [0.1, 0.15) is 5.82 Å². The molecule has 138 valence electrons. The fourth-order valence-corrected chi connectivity index (χ4v) is 3.30. The molecule has 0 aliphatic carbocycles. The van der Waals surface area contributed by atoms with E-state index in [0.29, 0.717) is 23.9 Å². The standard InChI is InChI=1S/C19H18ClN5O2/c20-13-4-3-5-14(10-13)25-9-8-24(19(25)27)12-18(26)21-11-17-22-15-6-1-2-7-16(15)23-17/h1-7,10H,8-9,11-12H2,(H,21,26)(H,22,23). The summed E-state index contributed by atoms with van der Waals surface area (Å²) in [5.41, 5.74) is 2.51. The zero-order valence-corrected chi connectivity index (χ0v) is 15.2. The van der Waals surface area contributed by atoms with E-state index in [1.54, 1.807) is 23.1 Å². The number of amides is 3. The summed E-state index contributed by atoms with van der Waals surface area (Å²) in [7, 11) is 0. The molecule has 4 rings (SSSR count). The summed E-state index contributed by atoms with van der Waals surface area (Å²) in [6, 6.07) is 14.6. The molecule has 2 N–H and O–H groups in total. The molecule has 8 heteroatoms. The highest BCUT2D eigenvalue weighted by atomic mass is 35.5. The molecule has 1 aliphatic rings. The van der Waals surface area contributed by atoms with Gasteiger partial charge in [-0.05, 0) is 30.3 Å². The predicted octanol–water partition coefficient (Wildman–Crippen LogP) is 2.77. The second-order valence-electron chi connectivity index (χ2n) is 6.31. The summed E-state index contributed by atoms with van der Waals surface area (Å²) >= 11 is 6.00. The fraction of sp³-hybridized carbons (Fsp3) is 0.211. The number of imidazole rings is 1. The van der Waals surface area contributed by atoms with Crippen LogP contribution in [0.15, 0.2) is 48.5 Å². The SMILES string of the molecule is O=C(CN1CCN(c2cccc(Cl)c2)C1=O)NCc1nc2ccccc2[nH]1. The Morgan fingerprint density at radius 1 is 1.19 bits per heavy atom. The van der Waals surface area contributed by atoms with E-state index < -0.39 is 0 Å². The van der Waals surface area contributed by atoms with Crippen molar-refractivity contribution in [2.45, 2.75) is 6.54 Å². The number of carbonyl (C=O) groups is 2. The number of rotatable bonds is 5. The number of urea groups is 1. The molecule has 7 nitrogen and oxygen atoms in total. The molecule has 0 saturated carbocycles. The molecule has 2 heterocycles. The maximum Gasteiger partial charge on any atom is 0.325 e. The van der Waals surface area contributed by atoms with Crippen molar-refractivity contribution < 1.29 is 9.59 Å². The van der Waals surface area contributed by atoms with Crippen LogP contribution in [0.5, 0.6) is 0 Å².